The average molecular weight is 307 g/mol. The van der Waals surface area contributed by atoms with Crippen LogP contribution >= 0.6 is 11.6 Å². The minimum atomic E-state index is -3.29. The molecule has 1 unspecified atom stereocenters. The second kappa shape index (κ2) is 6.98. The number of ether oxygens (including phenoxy) is 1. The Morgan fingerprint density at radius 2 is 2.11 bits per heavy atom. The molecule has 7 heteroatoms. The molecule has 0 fully saturated rings. The number of methoxy groups -OCH3 is 1. The first-order chi connectivity index (χ1) is 8.81. The van der Waals surface area contributed by atoms with Crippen molar-refractivity contribution in [3.05, 3.63) is 23.2 Å². The molecule has 0 bridgehead atoms. The lowest BCUT2D eigenvalue weighted by Gasteiger charge is -2.17. The fourth-order valence-electron chi connectivity index (χ4n) is 1.55. The first-order valence-corrected chi connectivity index (χ1v) is 8.11. The van der Waals surface area contributed by atoms with Crippen LogP contribution in [-0.2, 0) is 14.8 Å². The zero-order valence-electron chi connectivity index (χ0n) is 11.2. The zero-order valence-corrected chi connectivity index (χ0v) is 12.8. The lowest BCUT2D eigenvalue weighted by Crippen LogP contribution is -2.17. The molecule has 0 aromatic heterocycles. The van der Waals surface area contributed by atoms with E-state index in [2.05, 4.69) is 10.0 Å². The summed E-state index contributed by atoms with van der Waals surface area (Å²) >= 11 is 6.07. The highest BCUT2D eigenvalue weighted by Gasteiger charge is 2.08. The van der Waals surface area contributed by atoms with Crippen molar-refractivity contribution in [1.29, 1.82) is 0 Å². The van der Waals surface area contributed by atoms with Gasteiger partial charge in [-0.3, -0.25) is 4.72 Å². The maximum Gasteiger partial charge on any atom is 0.229 e. The largest absolute Gasteiger partial charge is 0.385 e. The molecule has 2 N–H and O–H groups in total. The van der Waals surface area contributed by atoms with Gasteiger partial charge in [-0.1, -0.05) is 11.6 Å². The number of benzene rings is 1. The topological polar surface area (TPSA) is 67.4 Å². The molecule has 0 aliphatic rings. The van der Waals surface area contributed by atoms with Gasteiger partial charge in [-0.2, -0.15) is 0 Å². The minimum Gasteiger partial charge on any atom is -0.385 e. The van der Waals surface area contributed by atoms with Gasteiger partial charge in [-0.15, -0.1) is 0 Å². The summed E-state index contributed by atoms with van der Waals surface area (Å²) in [5.41, 5.74) is 1.17. The van der Waals surface area contributed by atoms with E-state index in [1.165, 1.54) is 0 Å². The van der Waals surface area contributed by atoms with Gasteiger partial charge in [0.15, 0.2) is 0 Å². The van der Waals surface area contributed by atoms with E-state index in [0.717, 1.165) is 12.7 Å². The summed E-state index contributed by atoms with van der Waals surface area (Å²) in [6.07, 6.45) is 1.94. The van der Waals surface area contributed by atoms with E-state index in [1.807, 2.05) is 6.92 Å². The number of halogens is 1. The SMILES string of the molecule is COCCC(C)Nc1cc(NS(C)(=O)=O)ccc1Cl. The van der Waals surface area contributed by atoms with Gasteiger partial charge < -0.3 is 10.1 Å². The highest BCUT2D eigenvalue weighted by atomic mass is 35.5. The Balaban J connectivity index is 2.79. The predicted molar refractivity (Wildman–Crippen MR) is 79.5 cm³/mol. The Kier molecular flexibility index (Phi) is 5.90. The Morgan fingerprint density at radius 3 is 2.68 bits per heavy atom. The fraction of sp³-hybridized carbons (Fsp3) is 0.500. The maximum atomic E-state index is 11.2. The van der Waals surface area contributed by atoms with Crippen molar-refractivity contribution in [3.8, 4) is 0 Å². The van der Waals surface area contributed by atoms with Crippen molar-refractivity contribution in [3.63, 3.8) is 0 Å². The molecule has 0 radical (unpaired) electrons. The second-order valence-electron chi connectivity index (χ2n) is 4.40. The third kappa shape index (κ3) is 6.13. The molecular formula is C12H19ClN2O3S. The van der Waals surface area contributed by atoms with Crippen molar-refractivity contribution < 1.29 is 13.2 Å². The number of hydrogen-bond donors (Lipinski definition) is 2. The molecule has 0 heterocycles. The van der Waals surface area contributed by atoms with Gasteiger partial charge in [0.2, 0.25) is 10.0 Å². The Hall–Kier alpha value is -0.980. The Bertz CT molecular complexity index is 520. The number of nitrogens with one attached hydrogen (secondary N) is 2. The number of hydrogen-bond acceptors (Lipinski definition) is 4. The van der Waals surface area contributed by atoms with Crippen molar-refractivity contribution in [1.82, 2.24) is 0 Å². The average Bonchev–Trinajstić information content (AvgIpc) is 2.29. The predicted octanol–water partition coefficient (Wildman–Crippen LogP) is 2.55. The minimum absolute atomic E-state index is 0.172. The Morgan fingerprint density at radius 1 is 1.42 bits per heavy atom. The molecule has 19 heavy (non-hydrogen) atoms. The third-order valence-electron chi connectivity index (χ3n) is 2.43. The molecule has 1 aromatic rings. The van der Waals surface area contributed by atoms with E-state index >= 15 is 0 Å². The molecule has 0 saturated carbocycles. The summed E-state index contributed by atoms with van der Waals surface area (Å²) in [6.45, 7) is 2.65. The van der Waals surface area contributed by atoms with Crippen LogP contribution in [0.4, 0.5) is 11.4 Å². The zero-order chi connectivity index (χ0) is 14.5. The molecular weight excluding hydrogens is 288 g/mol. The van der Waals surface area contributed by atoms with Crippen molar-refractivity contribution >= 4 is 33.0 Å². The molecule has 1 atom stereocenters. The van der Waals surface area contributed by atoms with Crippen molar-refractivity contribution in [2.75, 3.05) is 30.0 Å². The van der Waals surface area contributed by atoms with Crippen LogP contribution in [0.2, 0.25) is 5.02 Å². The van der Waals surface area contributed by atoms with E-state index in [-0.39, 0.29) is 6.04 Å². The molecule has 0 saturated heterocycles. The van der Waals surface area contributed by atoms with Crippen molar-refractivity contribution in [2.24, 2.45) is 0 Å². The maximum absolute atomic E-state index is 11.2. The van der Waals surface area contributed by atoms with E-state index in [9.17, 15) is 8.42 Å². The Labute approximate surface area is 119 Å². The molecule has 0 aliphatic heterocycles. The summed E-state index contributed by atoms with van der Waals surface area (Å²) < 4.78 is 29.8. The lowest BCUT2D eigenvalue weighted by atomic mass is 10.2. The summed E-state index contributed by atoms with van der Waals surface area (Å²) in [5.74, 6) is 0. The quantitative estimate of drug-likeness (QED) is 0.812. The van der Waals surface area contributed by atoms with Crippen molar-refractivity contribution in [2.45, 2.75) is 19.4 Å². The number of rotatable bonds is 7. The first kappa shape index (κ1) is 16.1. The normalized spacial score (nSPS) is 13.1. The number of anilines is 2. The van der Waals surface area contributed by atoms with Gasteiger partial charge in [0.1, 0.15) is 0 Å². The van der Waals surface area contributed by atoms with Crippen LogP contribution in [0.1, 0.15) is 13.3 Å². The van der Waals surface area contributed by atoms with E-state index in [4.69, 9.17) is 16.3 Å². The van der Waals surface area contributed by atoms with Gasteiger partial charge in [0.25, 0.3) is 0 Å². The summed E-state index contributed by atoms with van der Waals surface area (Å²) in [4.78, 5) is 0. The molecule has 0 amide bonds. The summed E-state index contributed by atoms with van der Waals surface area (Å²) in [5, 5.41) is 3.77. The van der Waals surface area contributed by atoms with Crippen LogP contribution in [-0.4, -0.2) is 34.4 Å². The number of sulfonamides is 1. The van der Waals surface area contributed by atoms with Crippen LogP contribution in [0.5, 0.6) is 0 Å². The summed E-state index contributed by atoms with van der Waals surface area (Å²) in [7, 11) is -1.64. The van der Waals surface area contributed by atoms with Gasteiger partial charge in [0, 0.05) is 19.8 Å². The standard InChI is InChI=1S/C12H19ClN2O3S/c1-9(6-7-18-2)14-12-8-10(4-5-11(12)13)15-19(3,16)17/h4-5,8-9,14-15H,6-7H2,1-3H3. The van der Waals surface area contributed by atoms with E-state index in [1.54, 1.807) is 25.3 Å². The van der Waals surface area contributed by atoms with E-state index < -0.39 is 10.0 Å². The van der Waals surface area contributed by atoms with Crippen LogP contribution < -0.4 is 10.0 Å². The molecule has 108 valence electrons. The fourth-order valence-corrected chi connectivity index (χ4v) is 2.27. The summed E-state index contributed by atoms with van der Waals surface area (Å²) in [6, 6.07) is 5.12. The van der Waals surface area contributed by atoms with Gasteiger partial charge in [0.05, 0.1) is 22.7 Å². The lowest BCUT2D eigenvalue weighted by molar-refractivity contribution is 0.191. The van der Waals surface area contributed by atoms with Crippen LogP contribution in [0.3, 0.4) is 0 Å². The highest BCUT2D eigenvalue weighted by molar-refractivity contribution is 7.92. The van der Waals surface area contributed by atoms with Gasteiger partial charge >= 0.3 is 0 Å². The molecule has 0 aliphatic carbocycles. The smallest absolute Gasteiger partial charge is 0.229 e. The van der Waals surface area contributed by atoms with E-state index in [0.29, 0.717) is 23.0 Å². The first-order valence-electron chi connectivity index (χ1n) is 5.84. The van der Waals surface area contributed by atoms with Gasteiger partial charge in [-0.25, -0.2) is 8.42 Å². The van der Waals surface area contributed by atoms with Gasteiger partial charge in [-0.05, 0) is 31.5 Å². The monoisotopic (exact) mass is 306 g/mol. The molecule has 5 nitrogen and oxygen atoms in total. The molecule has 0 spiro atoms. The van der Waals surface area contributed by atoms with Crippen LogP contribution in [0.15, 0.2) is 18.2 Å². The third-order valence-corrected chi connectivity index (χ3v) is 3.36. The molecule has 1 rings (SSSR count). The van der Waals surface area contributed by atoms with Crippen LogP contribution in [0, 0.1) is 0 Å². The highest BCUT2D eigenvalue weighted by Crippen LogP contribution is 2.26. The second-order valence-corrected chi connectivity index (χ2v) is 6.55. The van der Waals surface area contributed by atoms with Crippen LogP contribution in [0.25, 0.3) is 0 Å². The molecule has 1 aromatic carbocycles.